The van der Waals surface area contributed by atoms with Gasteiger partial charge in [-0.05, 0) is 49.4 Å². The maximum Gasteiger partial charge on any atom is 0.271 e. The van der Waals surface area contributed by atoms with E-state index in [0.717, 1.165) is 16.6 Å². The zero-order valence-electron chi connectivity index (χ0n) is 10.4. The predicted octanol–water partition coefficient (Wildman–Crippen LogP) is 3.75. The summed E-state index contributed by atoms with van der Waals surface area (Å²) >= 11 is 3.34. The van der Waals surface area contributed by atoms with Gasteiger partial charge in [0.2, 0.25) is 0 Å². The van der Waals surface area contributed by atoms with Gasteiger partial charge in [0.25, 0.3) is 5.91 Å². The van der Waals surface area contributed by atoms with E-state index >= 15 is 0 Å². The molecular formula is C14H17BrN2O. The van der Waals surface area contributed by atoms with E-state index in [1.807, 2.05) is 12.1 Å². The van der Waals surface area contributed by atoms with Gasteiger partial charge in [0.1, 0.15) is 0 Å². The van der Waals surface area contributed by atoms with Crippen LogP contribution in [0.2, 0.25) is 0 Å². The number of rotatable bonds is 2. The molecule has 1 amide bonds. The van der Waals surface area contributed by atoms with Crippen molar-refractivity contribution in [3.8, 4) is 0 Å². The molecule has 1 aliphatic rings. The second kappa shape index (κ2) is 6.14. The molecule has 18 heavy (non-hydrogen) atoms. The molecule has 0 unspecified atom stereocenters. The average Bonchev–Trinajstić information content (AvgIpc) is 2.38. The van der Waals surface area contributed by atoms with Gasteiger partial charge >= 0.3 is 0 Å². The largest absolute Gasteiger partial charge is 0.271 e. The van der Waals surface area contributed by atoms with Crippen molar-refractivity contribution >= 4 is 27.5 Å². The first-order valence-electron chi connectivity index (χ1n) is 6.29. The fourth-order valence-corrected chi connectivity index (χ4v) is 2.39. The standard InChI is InChI=1S/C14H17BrN2O/c1-10-4-2-3-5-13(10)16-17-14(18)11-6-8-12(15)9-7-11/h6-10H,2-5H2,1H3,(H,17,18)/b16-13-/t10-/m0/s1. The van der Waals surface area contributed by atoms with Crippen LogP contribution >= 0.6 is 15.9 Å². The zero-order valence-corrected chi connectivity index (χ0v) is 12.0. The van der Waals surface area contributed by atoms with Crippen LogP contribution in [-0.4, -0.2) is 11.6 Å². The summed E-state index contributed by atoms with van der Waals surface area (Å²) in [5.74, 6) is 0.344. The number of amides is 1. The zero-order chi connectivity index (χ0) is 13.0. The highest BCUT2D eigenvalue weighted by atomic mass is 79.9. The molecule has 1 aromatic rings. The van der Waals surface area contributed by atoms with E-state index in [-0.39, 0.29) is 5.91 Å². The van der Waals surface area contributed by atoms with Gasteiger partial charge < -0.3 is 0 Å². The van der Waals surface area contributed by atoms with Crippen LogP contribution in [0, 0.1) is 5.92 Å². The minimum atomic E-state index is -0.146. The molecule has 1 saturated carbocycles. The second-order valence-corrected chi connectivity index (χ2v) is 5.61. The number of benzene rings is 1. The van der Waals surface area contributed by atoms with Gasteiger partial charge in [-0.25, -0.2) is 5.43 Å². The summed E-state index contributed by atoms with van der Waals surface area (Å²) in [7, 11) is 0. The van der Waals surface area contributed by atoms with Crippen LogP contribution < -0.4 is 5.43 Å². The van der Waals surface area contributed by atoms with E-state index in [2.05, 4.69) is 33.4 Å². The van der Waals surface area contributed by atoms with Gasteiger partial charge in [-0.3, -0.25) is 4.79 Å². The molecule has 1 atom stereocenters. The van der Waals surface area contributed by atoms with Crippen molar-refractivity contribution in [2.45, 2.75) is 32.6 Å². The Kier molecular flexibility index (Phi) is 4.53. The first kappa shape index (κ1) is 13.3. The lowest BCUT2D eigenvalue weighted by molar-refractivity contribution is 0.0954. The number of hydrogen-bond donors (Lipinski definition) is 1. The molecule has 1 N–H and O–H groups in total. The Morgan fingerprint density at radius 1 is 1.33 bits per heavy atom. The van der Waals surface area contributed by atoms with Crippen molar-refractivity contribution in [1.82, 2.24) is 5.43 Å². The first-order chi connectivity index (χ1) is 8.66. The number of nitrogens with zero attached hydrogens (tertiary/aromatic N) is 1. The first-order valence-corrected chi connectivity index (χ1v) is 7.08. The molecule has 1 aromatic carbocycles. The fraction of sp³-hybridized carbons (Fsp3) is 0.429. The lowest BCUT2D eigenvalue weighted by atomic mass is 9.89. The Morgan fingerprint density at radius 2 is 2.06 bits per heavy atom. The van der Waals surface area contributed by atoms with Crippen molar-refractivity contribution in [2.75, 3.05) is 0 Å². The molecule has 4 heteroatoms. The van der Waals surface area contributed by atoms with Crippen molar-refractivity contribution in [1.29, 1.82) is 0 Å². The number of carbonyl (C=O) groups is 1. The summed E-state index contributed by atoms with van der Waals surface area (Å²) in [6.07, 6.45) is 4.62. The maximum absolute atomic E-state index is 11.9. The predicted molar refractivity (Wildman–Crippen MR) is 76.7 cm³/mol. The normalized spacial score (nSPS) is 21.9. The smallest absolute Gasteiger partial charge is 0.267 e. The molecule has 1 fully saturated rings. The van der Waals surface area contributed by atoms with E-state index in [0.29, 0.717) is 11.5 Å². The van der Waals surface area contributed by atoms with Crippen LogP contribution in [-0.2, 0) is 0 Å². The summed E-state index contributed by atoms with van der Waals surface area (Å²) in [6, 6.07) is 7.27. The van der Waals surface area contributed by atoms with Crippen molar-refractivity contribution < 1.29 is 4.79 Å². The third-order valence-corrected chi connectivity index (χ3v) is 3.83. The number of carbonyl (C=O) groups excluding carboxylic acids is 1. The Balaban J connectivity index is 1.99. The monoisotopic (exact) mass is 308 g/mol. The number of halogens is 1. The summed E-state index contributed by atoms with van der Waals surface area (Å²) in [6.45, 7) is 2.17. The third-order valence-electron chi connectivity index (χ3n) is 3.30. The number of hydrazone groups is 1. The highest BCUT2D eigenvalue weighted by molar-refractivity contribution is 9.10. The van der Waals surface area contributed by atoms with Crippen molar-refractivity contribution in [2.24, 2.45) is 11.0 Å². The molecule has 0 radical (unpaired) electrons. The molecule has 0 bridgehead atoms. The number of nitrogens with one attached hydrogen (secondary N) is 1. The molecular weight excluding hydrogens is 292 g/mol. The molecule has 1 aliphatic carbocycles. The maximum atomic E-state index is 11.9. The SMILES string of the molecule is C[C@H]1CCCC/C1=N/NC(=O)c1ccc(Br)cc1. The summed E-state index contributed by atoms with van der Waals surface area (Å²) in [5.41, 5.74) is 4.40. The van der Waals surface area contributed by atoms with Crippen LogP contribution in [0.15, 0.2) is 33.8 Å². The quantitative estimate of drug-likeness (QED) is 0.831. The molecule has 0 spiro atoms. The van der Waals surface area contributed by atoms with Gasteiger partial charge in [0.15, 0.2) is 0 Å². The summed E-state index contributed by atoms with van der Waals surface area (Å²) in [4.78, 5) is 11.9. The molecule has 3 nitrogen and oxygen atoms in total. The molecule has 2 rings (SSSR count). The topological polar surface area (TPSA) is 41.5 Å². The van der Waals surface area contributed by atoms with E-state index < -0.39 is 0 Å². The Hall–Kier alpha value is -1.16. The summed E-state index contributed by atoms with van der Waals surface area (Å²) < 4.78 is 0.964. The molecule has 96 valence electrons. The molecule has 0 heterocycles. The Morgan fingerprint density at radius 3 is 2.72 bits per heavy atom. The lowest BCUT2D eigenvalue weighted by Crippen LogP contribution is -2.24. The van der Waals surface area contributed by atoms with E-state index in [1.165, 1.54) is 19.3 Å². The minimum absolute atomic E-state index is 0.146. The highest BCUT2D eigenvalue weighted by Gasteiger charge is 2.16. The van der Waals surface area contributed by atoms with Gasteiger partial charge in [-0.1, -0.05) is 29.3 Å². The Bertz CT molecular complexity index is 453. The van der Waals surface area contributed by atoms with Gasteiger partial charge in [0, 0.05) is 15.7 Å². The van der Waals surface area contributed by atoms with Crippen LogP contribution in [0.25, 0.3) is 0 Å². The van der Waals surface area contributed by atoms with E-state index in [4.69, 9.17) is 0 Å². The van der Waals surface area contributed by atoms with Crippen molar-refractivity contribution in [3.05, 3.63) is 34.3 Å². The fourth-order valence-electron chi connectivity index (χ4n) is 2.12. The second-order valence-electron chi connectivity index (χ2n) is 4.70. The highest BCUT2D eigenvalue weighted by Crippen LogP contribution is 2.20. The van der Waals surface area contributed by atoms with Gasteiger partial charge in [0.05, 0.1) is 0 Å². The third kappa shape index (κ3) is 3.42. The Labute approximate surface area is 116 Å². The summed E-state index contributed by atoms with van der Waals surface area (Å²) in [5, 5.41) is 4.27. The van der Waals surface area contributed by atoms with E-state index in [9.17, 15) is 4.79 Å². The molecule has 0 aliphatic heterocycles. The van der Waals surface area contributed by atoms with E-state index in [1.54, 1.807) is 12.1 Å². The van der Waals surface area contributed by atoms with Gasteiger partial charge in [-0.15, -0.1) is 0 Å². The number of hydrogen-bond acceptors (Lipinski definition) is 2. The lowest BCUT2D eigenvalue weighted by Gasteiger charge is -2.19. The van der Waals surface area contributed by atoms with Crippen LogP contribution in [0.4, 0.5) is 0 Å². The van der Waals surface area contributed by atoms with Gasteiger partial charge in [-0.2, -0.15) is 5.10 Å². The van der Waals surface area contributed by atoms with Crippen LogP contribution in [0.5, 0.6) is 0 Å². The molecule has 0 aromatic heterocycles. The molecule has 0 saturated heterocycles. The van der Waals surface area contributed by atoms with Crippen LogP contribution in [0.3, 0.4) is 0 Å². The van der Waals surface area contributed by atoms with Crippen LogP contribution in [0.1, 0.15) is 43.0 Å². The average molecular weight is 309 g/mol. The minimum Gasteiger partial charge on any atom is -0.267 e. The van der Waals surface area contributed by atoms with Crippen molar-refractivity contribution in [3.63, 3.8) is 0 Å².